The third-order valence-corrected chi connectivity index (χ3v) is 3.80. The number of halogens is 1. The first kappa shape index (κ1) is 15.0. The van der Waals surface area contributed by atoms with E-state index in [1.165, 1.54) is 12.1 Å². The molecule has 2 rings (SSSR count). The second-order valence-electron chi connectivity index (χ2n) is 5.30. The lowest BCUT2D eigenvalue weighted by molar-refractivity contribution is 0.0766. The van der Waals surface area contributed by atoms with Crippen molar-refractivity contribution < 1.29 is 9.50 Å². The maximum absolute atomic E-state index is 13.1. The molecule has 0 saturated carbocycles. The molecule has 0 bridgehead atoms. The summed E-state index contributed by atoms with van der Waals surface area (Å²) in [5.74, 6) is 2.39. The van der Waals surface area contributed by atoms with E-state index in [-0.39, 0.29) is 5.82 Å². The quantitative estimate of drug-likeness (QED) is 0.843. The molecule has 20 heavy (non-hydrogen) atoms. The van der Waals surface area contributed by atoms with E-state index in [0.717, 1.165) is 37.3 Å². The zero-order chi connectivity index (χ0) is 14.5. The molecule has 1 aliphatic rings. The van der Waals surface area contributed by atoms with Gasteiger partial charge in [-0.25, -0.2) is 4.39 Å². The summed E-state index contributed by atoms with van der Waals surface area (Å²) in [6.45, 7) is 6.76. The number of terminal acetylenes is 1. The molecule has 3 nitrogen and oxygen atoms in total. The zero-order valence-electron chi connectivity index (χ0n) is 11.8. The van der Waals surface area contributed by atoms with Gasteiger partial charge in [-0.2, -0.15) is 0 Å². The highest BCUT2D eigenvalue weighted by Gasteiger charge is 2.20. The molecule has 0 radical (unpaired) electrons. The Morgan fingerprint density at radius 1 is 1.30 bits per heavy atom. The van der Waals surface area contributed by atoms with Gasteiger partial charge in [0.2, 0.25) is 0 Å². The average Bonchev–Trinajstić information content (AvgIpc) is 2.41. The first-order chi connectivity index (χ1) is 9.60. The number of benzene rings is 1. The lowest BCUT2D eigenvalue weighted by atomic mass is 10.0. The number of hydrogen-bond acceptors (Lipinski definition) is 3. The summed E-state index contributed by atoms with van der Waals surface area (Å²) in [4.78, 5) is 4.45. The first-order valence-corrected chi connectivity index (χ1v) is 6.92. The summed E-state index contributed by atoms with van der Waals surface area (Å²) in [5.41, 5.74) is 1.60. The van der Waals surface area contributed by atoms with Crippen LogP contribution in [0.5, 0.6) is 0 Å². The van der Waals surface area contributed by atoms with Gasteiger partial charge in [0, 0.05) is 32.7 Å². The summed E-state index contributed by atoms with van der Waals surface area (Å²) in [6, 6.07) is 4.53. The predicted octanol–water partition coefficient (Wildman–Crippen LogP) is 1.42. The van der Waals surface area contributed by atoms with Gasteiger partial charge < -0.3 is 5.11 Å². The number of hydrogen-bond donors (Lipinski definition) is 1. The highest BCUT2D eigenvalue weighted by molar-refractivity contribution is 5.28. The molecule has 108 valence electrons. The molecule has 1 atom stereocenters. The minimum Gasteiger partial charge on any atom is -0.387 e. The molecular formula is C16H21FN2O. The standard InChI is InChI=1S/C16H21FN2O/c1-3-6-18-7-9-19(10-8-18)12-16(20)15-5-4-14(17)11-13(15)2/h1,4-5,11,16,20H,6-10,12H2,2H3. The van der Waals surface area contributed by atoms with Crippen molar-refractivity contribution in [2.45, 2.75) is 13.0 Å². The van der Waals surface area contributed by atoms with Crippen LogP contribution >= 0.6 is 0 Å². The molecule has 1 N–H and O–H groups in total. The number of aliphatic hydroxyl groups excluding tert-OH is 1. The maximum Gasteiger partial charge on any atom is 0.123 e. The van der Waals surface area contributed by atoms with Crippen molar-refractivity contribution in [3.8, 4) is 12.3 Å². The van der Waals surface area contributed by atoms with Crippen LogP contribution in [0.4, 0.5) is 4.39 Å². The number of aliphatic hydroxyl groups is 1. The van der Waals surface area contributed by atoms with Gasteiger partial charge in [-0.15, -0.1) is 6.42 Å². The fraction of sp³-hybridized carbons (Fsp3) is 0.500. The predicted molar refractivity (Wildman–Crippen MR) is 77.8 cm³/mol. The fourth-order valence-corrected chi connectivity index (χ4v) is 2.61. The molecule has 1 aromatic rings. The van der Waals surface area contributed by atoms with Crippen LogP contribution in [0.1, 0.15) is 17.2 Å². The van der Waals surface area contributed by atoms with Crippen LogP contribution in [0.3, 0.4) is 0 Å². The summed E-state index contributed by atoms with van der Waals surface area (Å²) in [6.07, 6.45) is 4.73. The highest BCUT2D eigenvalue weighted by atomic mass is 19.1. The number of β-amino-alcohol motifs (C(OH)–C–C–N with tert-alkyl or cyclic N) is 1. The summed E-state index contributed by atoms with van der Waals surface area (Å²) in [5, 5.41) is 10.3. The smallest absolute Gasteiger partial charge is 0.123 e. The van der Waals surface area contributed by atoms with Crippen LogP contribution in [0.15, 0.2) is 18.2 Å². The van der Waals surface area contributed by atoms with Gasteiger partial charge in [0.05, 0.1) is 12.6 Å². The monoisotopic (exact) mass is 276 g/mol. The minimum atomic E-state index is -0.574. The van der Waals surface area contributed by atoms with Crippen molar-refractivity contribution in [2.75, 3.05) is 39.3 Å². The van der Waals surface area contributed by atoms with Crippen LogP contribution in [-0.2, 0) is 0 Å². The van der Waals surface area contributed by atoms with Gasteiger partial charge in [0.25, 0.3) is 0 Å². The van der Waals surface area contributed by atoms with Crippen LogP contribution in [-0.4, -0.2) is 54.2 Å². The molecule has 1 heterocycles. The molecule has 0 aliphatic carbocycles. The molecular weight excluding hydrogens is 255 g/mol. The second kappa shape index (κ2) is 6.85. The lowest BCUT2D eigenvalue weighted by Crippen LogP contribution is -2.47. The molecule has 1 saturated heterocycles. The fourth-order valence-electron chi connectivity index (χ4n) is 2.61. The Kier molecular flexibility index (Phi) is 5.13. The Morgan fingerprint density at radius 2 is 1.95 bits per heavy atom. The highest BCUT2D eigenvalue weighted by Crippen LogP contribution is 2.20. The number of rotatable bonds is 4. The molecule has 1 unspecified atom stereocenters. The number of aryl methyl sites for hydroxylation is 1. The van der Waals surface area contributed by atoms with Crippen LogP contribution in [0.25, 0.3) is 0 Å². The summed E-state index contributed by atoms with van der Waals surface area (Å²) in [7, 11) is 0. The van der Waals surface area contributed by atoms with E-state index in [9.17, 15) is 9.50 Å². The Morgan fingerprint density at radius 3 is 2.55 bits per heavy atom. The largest absolute Gasteiger partial charge is 0.387 e. The Balaban J connectivity index is 1.89. The van der Waals surface area contributed by atoms with Crippen LogP contribution < -0.4 is 0 Å². The van der Waals surface area contributed by atoms with Gasteiger partial charge in [0.1, 0.15) is 5.82 Å². The first-order valence-electron chi connectivity index (χ1n) is 6.92. The van der Waals surface area contributed by atoms with Gasteiger partial charge in [-0.05, 0) is 30.2 Å². The van der Waals surface area contributed by atoms with E-state index in [1.807, 2.05) is 6.92 Å². The SMILES string of the molecule is C#CCN1CCN(CC(O)c2ccc(F)cc2C)CC1. The molecule has 4 heteroatoms. The van der Waals surface area contributed by atoms with Crippen molar-refractivity contribution in [1.29, 1.82) is 0 Å². The van der Waals surface area contributed by atoms with Gasteiger partial charge in [0.15, 0.2) is 0 Å². The second-order valence-corrected chi connectivity index (χ2v) is 5.30. The molecule has 1 fully saturated rings. The van der Waals surface area contributed by atoms with Crippen LogP contribution in [0, 0.1) is 25.1 Å². The molecule has 1 aliphatic heterocycles. The average molecular weight is 276 g/mol. The van der Waals surface area contributed by atoms with E-state index in [0.29, 0.717) is 13.1 Å². The van der Waals surface area contributed by atoms with E-state index in [4.69, 9.17) is 6.42 Å². The Hall–Kier alpha value is -1.41. The van der Waals surface area contributed by atoms with Crippen LogP contribution in [0.2, 0.25) is 0 Å². The number of nitrogens with zero attached hydrogens (tertiary/aromatic N) is 2. The normalized spacial score (nSPS) is 18.7. The van der Waals surface area contributed by atoms with Crippen molar-refractivity contribution in [3.05, 3.63) is 35.1 Å². The van der Waals surface area contributed by atoms with E-state index < -0.39 is 6.10 Å². The lowest BCUT2D eigenvalue weighted by Gasteiger charge is -2.34. The van der Waals surface area contributed by atoms with E-state index in [1.54, 1.807) is 6.07 Å². The molecule has 1 aromatic carbocycles. The summed E-state index contributed by atoms with van der Waals surface area (Å²) >= 11 is 0. The van der Waals surface area contributed by atoms with Crippen molar-refractivity contribution in [3.63, 3.8) is 0 Å². The van der Waals surface area contributed by atoms with E-state index >= 15 is 0 Å². The van der Waals surface area contributed by atoms with Gasteiger partial charge in [-0.1, -0.05) is 12.0 Å². The van der Waals surface area contributed by atoms with Crippen molar-refractivity contribution in [1.82, 2.24) is 9.80 Å². The molecule has 0 spiro atoms. The third kappa shape index (κ3) is 3.80. The zero-order valence-corrected chi connectivity index (χ0v) is 11.8. The Labute approximate surface area is 120 Å². The number of piperazine rings is 1. The van der Waals surface area contributed by atoms with E-state index in [2.05, 4.69) is 15.7 Å². The Bertz CT molecular complexity index is 490. The minimum absolute atomic E-state index is 0.263. The molecule has 0 aromatic heterocycles. The van der Waals surface area contributed by atoms with Crippen molar-refractivity contribution >= 4 is 0 Å². The maximum atomic E-state index is 13.1. The summed E-state index contributed by atoms with van der Waals surface area (Å²) < 4.78 is 13.1. The third-order valence-electron chi connectivity index (χ3n) is 3.80. The molecule has 0 amide bonds. The van der Waals surface area contributed by atoms with Gasteiger partial charge >= 0.3 is 0 Å². The van der Waals surface area contributed by atoms with Crippen molar-refractivity contribution in [2.24, 2.45) is 0 Å². The van der Waals surface area contributed by atoms with Gasteiger partial charge in [-0.3, -0.25) is 9.80 Å². The topological polar surface area (TPSA) is 26.7 Å².